The largest absolute Gasteiger partial charge is 0.481 e. The summed E-state index contributed by atoms with van der Waals surface area (Å²) in [5.74, 6) is -1.14. The van der Waals surface area contributed by atoms with E-state index in [2.05, 4.69) is 10.4 Å². The second-order valence-corrected chi connectivity index (χ2v) is 6.55. The molecule has 0 spiro atoms. The Morgan fingerprint density at radius 3 is 2.67 bits per heavy atom. The van der Waals surface area contributed by atoms with E-state index in [4.69, 9.17) is 5.11 Å². The summed E-state index contributed by atoms with van der Waals surface area (Å²) >= 11 is 0. The lowest BCUT2D eigenvalue weighted by Gasteiger charge is -2.41. The number of nitrogens with one attached hydrogen (secondary N) is 1. The number of amides is 1. The lowest BCUT2D eigenvalue weighted by atomic mass is 9.74. The van der Waals surface area contributed by atoms with E-state index in [1.54, 1.807) is 10.9 Å². The van der Waals surface area contributed by atoms with Crippen molar-refractivity contribution >= 4 is 11.9 Å². The van der Waals surface area contributed by atoms with Gasteiger partial charge < -0.3 is 10.4 Å². The first-order valence-corrected chi connectivity index (χ1v) is 8.06. The molecule has 2 aromatic rings. The molecular weight excluding hydrogens is 306 g/mol. The summed E-state index contributed by atoms with van der Waals surface area (Å²) < 4.78 is 1.73. The van der Waals surface area contributed by atoms with Crippen LogP contribution >= 0.6 is 0 Å². The van der Waals surface area contributed by atoms with Gasteiger partial charge in [0.05, 0.1) is 35.1 Å². The number of carbonyl (C=O) groups is 2. The minimum atomic E-state index is -0.887. The molecule has 1 aromatic carbocycles. The van der Waals surface area contributed by atoms with E-state index in [-0.39, 0.29) is 12.3 Å². The summed E-state index contributed by atoms with van der Waals surface area (Å²) in [6.07, 6.45) is 3.85. The quantitative estimate of drug-likeness (QED) is 0.884. The van der Waals surface area contributed by atoms with Crippen LogP contribution in [0.25, 0.3) is 5.69 Å². The molecule has 0 radical (unpaired) electrons. The van der Waals surface area contributed by atoms with Crippen molar-refractivity contribution in [2.24, 2.45) is 0 Å². The van der Waals surface area contributed by atoms with Gasteiger partial charge in [0.25, 0.3) is 5.91 Å². The van der Waals surface area contributed by atoms with Gasteiger partial charge in [0, 0.05) is 0 Å². The van der Waals surface area contributed by atoms with Crippen LogP contribution in [0, 0.1) is 13.8 Å². The summed E-state index contributed by atoms with van der Waals surface area (Å²) in [6.45, 7) is 3.84. The van der Waals surface area contributed by atoms with Gasteiger partial charge in [-0.3, -0.25) is 9.59 Å². The van der Waals surface area contributed by atoms with E-state index in [1.165, 1.54) is 0 Å². The molecular formula is C18H21N3O3. The number of nitrogens with zero attached hydrogens (tertiary/aromatic N) is 2. The van der Waals surface area contributed by atoms with E-state index in [0.717, 1.165) is 23.4 Å². The van der Waals surface area contributed by atoms with Crippen molar-refractivity contribution in [2.45, 2.75) is 45.1 Å². The zero-order valence-corrected chi connectivity index (χ0v) is 13.9. The number of carboxylic acid groups (broad SMARTS) is 1. The van der Waals surface area contributed by atoms with Gasteiger partial charge in [-0.1, -0.05) is 12.1 Å². The Bertz CT molecular complexity index is 791. The number of carboxylic acids is 1. The normalized spacial score (nSPS) is 15.6. The molecule has 0 saturated heterocycles. The highest BCUT2D eigenvalue weighted by Crippen LogP contribution is 2.35. The standard InChI is InChI=1S/C18H21N3O3/c1-12-5-3-6-14(9-12)21-13(2)15(11-19-21)17(24)20-18(7-4-8-18)10-16(22)23/h3,5-6,9,11H,4,7-8,10H2,1-2H3,(H,20,24)(H,22,23). The molecule has 0 bridgehead atoms. The van der Waals surface area contributed by atoms with Crippen LogP contribution in [0.5, 0.6) is 0 Å². The highest BCUT2D eigenvalue weighted by Gasteiger charge is 2.40. The highest BCUT2D eigenvalue weighted by molar-refractivity contribution is 5.96. The predicted octanol–water partition coefficient (Wildman–Crippen LogP) is 2.62. The minimum absolute atomic E-state index is 0.0379. The zero-order valence-electron chi connectivity index (χ0n) is 13.9. The van der Waals surface area contributed by atoms with Gasteiger partial charge in [0.1, 0.15) is 0 Å². The second-order valence-electron chi connectivity index (χ2n) is 6.55. The zero-order chi connectivity index (χ0) is 17.3. The van der Waals surface area contributed by atoms with Gasteiger partial charge in [0.15, 0.2) is 0 Å². The molecule has 1 heterocycles. The Hall–Kier alpha value is -2.63. The summed E-state index contributed by atoms with van der Waals surface area (Å²) in [5.41, 5.74) is 2.62. The fraction of sp³-hybridized carbons (Fsp3) is 0.389. The summed E-state index contributed by atoms with van der Waals surface area (Å²) in [7, 11) is 0. The van der Waals surface area contributed by atoms with Crippen LogP contribution in [0.2, 0.25) is 0 Å². The number of benzene rings is 1. The first-order chi connectivity index (χ1) is 11.4. The van der Waals surface area contributed by atoms with Crippen LogP contribution in [0.4, 0.5) is 0 Å². The molecule has 6 nitrogen and oxygen atoms in total. The maximum absolute atomic E-state index is 12.6. The average molecular weight is 327 g/mol. The molecule has 3 rings (SSSR count). The van der Waals surface area contributed by atoms with Crippen molar-refractivity contribution in [3.63, 3.8) is 0 Å². The third kappa shape index (κ3) is 3.04. The van der Waals surface area contributed by atoms with Crippen molar-refractivity contribution < 1.29 is 14.7 Å². The summed E-state index contributed by atoms with van der Waals surface area (Å²) in [6, 6.07) is 7.88. The molecule has 1 aliphatic rings. The molecule has 1 saturated carbocycles. The molecule has 0 aliphatic heterocycles. The molecule has 0 unspecified atom stereocenters. The Morgan fingerprint density at radius 1 is 1.33 bits per heavy atom. The van der Waals surface area contributed by atoms with Gasteiger partial charge >= 0.3 is 5.97 Å². The van der Waals surface area contributed by atoms with Gasteiger partial charge in [0.2, 0.25) is 0 Å². The number of aryl methyl sites for hydroxylation is 1. The Kier molecular flexibility index (Phi) is 4.13. The number of hydrogen-bond donors (Lipinski definition) is 2. The van der Waals surface area contributed by atoms with Gasteiger partial charge in [-0.25, -0.2) is 4.68 Å². The molecule has 6 heteroatoms. The maximum Gasteiger partial charge on any atom is 0.305 e. The molecule has 126 valence electrons. The van der Waals surface area contributed by atoms with E-state index in [9.17, 15) is 9.59 Å². The van der Waals surface area contributed by atoms with E-state index < -0.39 is 11.5 Å². The SMILES string of the molecule is Cc1cccc(-n2ncc(C(=O)NC3(CC(=O)O)CCC3)c2C)c1. The van der Waals surface area contributed by atoms with Crippen LogP contribution in [0.1, 0.15) is 47.3 Å². The predicted molar refractivity (Wildman–Crippen MR) is 89.3 cm³/mol. The van der Waals surface area contributed by atoms with Crippen molar-refractivity contribution in [1.82, 2.24) is 15.1 Å². The molecule has 2 N–H and O–H groups in total. The molecule has 24 heavy (non-hydrogen) atoms. The van der Waals surface area contributed by atoms with Crippen molar-refractivity contribution in [3.8, 4) is 5.69 Å². The van der Waals surface area contributed by atoms with Crippen molar-refractivity contribution in [1.29, 1.82) is 0 Å². The Morgan fingerprint density at radius 2 is 2.08 bits per heavy atom. The monoisotopic (exact) mass is 327 g/mol. The topological polar surface area (TPSA) is 84.2 Å². The maximum atomic E-state index is 12.6. The highest BCUT2D eigenvalue weighted by atomic mass is 16.4. The lowest BCUT2D eigenvalue weighted by Crippen LogP contribution is -2.54. The average Bonchev–Trinajstić information content (AvgIpc) is 2.86. The third-order valence-electron chi connectivity index (χ3n) is 4.68. The fourth-order valence-electron chi connectivity index (χ4n) is 3.20. The number of hydrogen-bond acceptors (Lipinski definition) is 3. The van der Waals surface area contributed by atoms with E-state index in [0.29, 0.717) is 18.4 Å². The number of carbonyl (C=O) groups excluding carboxylic acids is 1. The van der Waals surface area contributed by atoms with Gasteiger partial charge in [-0.05, 0) is 50.8 Å². The van der Waals surface area contributed by atoms with E-state index in [1.807, 2.05) is 38.1 Å². The molecule has 1 fully saturated rings. The first-order valence-electron chi connectivity index (χ1n) is 8.06. The van der Waals surface area contributed by atoms with Crippen LogP contribution in [0.3, 0.4) is 0 Å². The summed E-state index contributed by atoms with van der Waals surface area (Å²) in [4.78, 5) is 23.7. The third-order valence-corrected chi connectivity index (χ3v) is 4.68. The van der Waals surface area contributed by atoms with Gasteiger partial charge in [-0.15, -0.1) is 0 Å². The number of aliphatic carboxylic acids is 1. The minimum Gasteiger partial charge on any atom is -0.481 e. The molecule has 1 aromatic heterocycles. The molecule has 0 atom stereocenters. The second kappa shape index (κ2) is 6.11. The van der Waals surface area contributed by atoms with Crippen LogP contribution in [-0.4, -0.2) is 32.3 Å². The summed E-state index contributed by atoms with van der Waals surface area (Å²) in [5, 5.41) is 16.3. The Labute approximate surface area is 140 Å². The van der Waals surface area contributed by atoms with E-state index >= 15 is 0 Å². The van der Waals surface area contributed by atoms with Crippen LogP contribution < -0.4 is 5.32 Å². The number of rotatable bonds is 5. The smallest absolute Gasteiger partial charge is 0.305 e. The molecule has 1 aliphatic carbocycles. The van der Waals surface area contributed by atoms with Crippen molar-refractivity contribution in [2.75, 3.05) is 0 Å². The number of aromatic nitrogens is 2. The van der Waals surface area contributed by atoms with Crippen LogP contribution in [-0.2, 0) is 4.79 Å². The molecule has 1 amide bonds. The Balaban J connectivity index is 1.83. The lowest BCUT2D eigenvalue weighted by molar-refractivity contribution is -0.139. The first kappa shape index (κ1) is 16.2. The van der Waals surface area contributed by atoms with Crippen molar-refractivity contribution in [3.05, 3.63) is 47.3 Å². The fourth-order valence-corrected chi connectivity index (χ4v) is 3.20. The van der Waals surface area contributed by atoms with Gasteiger partial charge in [-0.2, -0.15) is 5.10 Å². The van der Waals surface area contributed by atoms with Crippen LogP contribution in [0.15, 0.2) is 30.5 Å².